The first kappa shape index (κ1) is 18.4. The number of hydrogen-bond acceptors (Lipinski definition) is 4. The highest BCUT2D eigenvalue weighted by molar-refractivity contribution is 7.89. The summed E-state index contributed by atoms with van der Waals surface area (Å²) in [7, 11) is -3.67. The summed E-state index contributed by atoms with van der Waals surface area (Å²) in [5.41, 5.74) is 0.405. The van der Waals surface area contributed by atoms with E-state index in [1.807, 2.05) is 13.8 Å². The second kappa shape index (κ2) is 8.75. The van der Waals surface area contributed by atoms with Crippen molar-refractivity contribution >= 4 is 21.7 Å². The van der Waals surface area contributed by atoms with E-state index in [4.69, 9.17) is 0 Å². The Labute approximate surface area is 132 Å². The Morgan fingerprint density at radius 1 is 1.14 bits per heavy atom. The van der Waals surface area contributed by atoms with Gasteiger partial charge >= 0.3 is 5.97 Å². The summed E-state index contributed by atoms with van der Waals surface area (Å²) in [6, 6.07) is 4.13. The molecule has 0 bridgehead atoms. The summed E-state index contributed by atoms with van der Waals surface area (Å²) in [5, 5.41) is 12.3. The molecule has 0 heterocycles. The van der Waals surface area contributed by atoms with Gasteiger partial charge in [-0.15, -0.1) is 0 Å². The lowest BCUT2D eigenvalue weighted by Crippen LogP contribution is -2.25. The predicted molar refractivity (Wildman–Crippen MR) is 86.9 cm³/mol. The standard InChI is InChI=1S/C15H24N2O4S/c1-3-5-9-16-14-8-7-12(11-13(14)15(18)19)22(20,21)17-10-6-4-2/h7-8,11,16-17H,3-6,9-10H2,1-2H3,(H,18,19). The highest BCUT2D eigenvalue weighted by Gasteiger charge is 2.18. The molecule has 0 unspecified atom stereocenters. The first-order valence-corrected chi connectivity index (χ1v) is 9.01. The third-order valence-corrected chi connectivity index (χ3v) is 4.66. The number of aromatic carboxylic acids is 1. The van der Waals surface area contributed by atoms with Crippen molar-refractivity contribution in [3.8, 4) is 0 Å². The lowest BCUT2D eigenvalue weighted by atomic mass is 10.1. The summed E-state index contributed by atoms with van der Waals surface area (Å²) < 4.78 is 26.7. The predicted octanol–water partition coefficient (Wildman–Crippen LogP) is 2.68. The molecular weight excluding hydrogens is 304 g/mol. The smallest absolute Gasteiger partial charge is 0.337 e. The zero-order valence-electron chi connectivity index (χ0n) is 13.1. The average molecular weight is 328 g/mol. The van der Waals surface area contributed by atoms with Crippen LogP contribution in [0.5, 0.6) is 0 Å². The average Bonchev–Trinajstić information content (AvgIpc) is 2.47. The summed E-state index contributed by atoms with van der Waals surface area (Å²) in [6.45, 7) is 5.00. The van der Waals surface area contributed by atoms with E-state index in [0.29, 0.717) is 18.8 Å². The van der Waals surface area contributed by atoms with Crippen molar-refractivity contribution in [1.29, 1.82) is 0 Å². The topological polar surface area (TPSA) is 95.5 Å². The highest BCUT2D eigenvalue weighted by Crippen LogP contribution is 2.21. The number of sulfonamides is 1. The lowest BCUT2D eigenvalue weighted by Gasteiger charge is -2.12. The van der Waals surface area contributed by atoms with Crippen LogP contribution < -0.4 is 10.0 Å². The van der Waals surface area contributed by atoms with Gasteiger partial charge in [0, 0.05) is 18.8 Å². The molecule has 22 heavy (non-hydrogen) atoms. The Kier molecular flexibility index (Phi) is 7.34. The molecule has 0 radical (unpaired) electrons. The van der Waals surface area contributed by atoms with Crippen molar-refractivity contribution in [3.63, 3.8) is 0 Å². The zero-order valence-corrected chi connectivity index (χ0v) is 13.9. The van der Waals surface area contributed by atoms with E-state index < -0.39 is 16.0 Å². The quantitative estimate of drug-likeness (QED) is 0.574. The minimum absolute atomic E-state index is 0.0259. The maximum atomic E-state index is 12.1. The summed E-state index contributed by atoms with van der Waals surface area (Å²) in [4.78, 5) is 11.3. The van der Waals surface area contributed by atoms with E-state index >= 15 is 0 Å². The molecule has 0 amide bonds. The van der Waals surface area contributed by atoms with Gasteiger partial charge in [-0.25, -0.2) is 17.9 Å². The van der Waals surface area contributed by atoms with Crippen molar-refractivity contribution < 1.29 is 18.3 Å². The molecule has 3 N–H and O–H groups in total. The maximum absolute atomic E-state index is 12.1. The van der Waals surface area contributed by atoms with Gasteiger partial charge in [-0.3, -0.25) is 0 Å². The number of carboxylic acids is 1. The van der Waals surface area contributed by atoms with Crippen LogP contribution in [0.1, 0.15) is 49.9 Å². The summed E-state index contributed by atoms with van der Waals surface area (Å²) in [5.74, 6) is -1.15. The van der Waals surface area contributed by atoms with E-state index in [-0.39, 0.29) is 10.5 Å². The number of unbranched alkanes of at least 4 members (excludes halogenated alkanes) is 2. The van der Waals surface area contributed by atoms with Gasteiger partial charge in [0.1, 0.15) is 0 Å². The van der Waals surface area contributed by atoms with Crippen molar-refractivity contribution in [1.82, 2.24) is 4.72 Å². The van der Waals surface area contributed by atoms with Gasteiger partial charge in [0.25, 0.3) is 0 Å². The Morgan fingerprint density at radius 3 is 2.36 bits per heavy atom. The largest absolute Gasteiger partial charge is 0.478 e. The number of hydrogen-bond donors (Lipinski definition) is 3. The van der Waals surface area contributed by atoms with Gasteiger partial charge in [-0.05, 0) is 31.0 Å². The van der Waals surface area contributed by atoms with Crippen molar-refractivity contribution in [2.75, 3.05) is 18.4 Å². The van der Waals surface area contributed by atoms with Crippen LogP contribution in [0.2, 0.25) is 0 Å². The van der Waals surface area contributed by atoms with Crippen molar-refractivity contribution in [2.24, 2.45) is 0 Å². The van der Waals surface area contributed by atoms with Crippen molar-refractivity contribution in [2.45, 2.75) is 44.4 Å². The summed E-state index contributed by atoms with van der Waals surface area (Å²) >= 11 is 0. The molecule has 0 atom stereocenters. The SMILES string of the molecule is CCCCNc1ccc(S(=O)(=O)NCCCC)cc1C(=O)O. The van der Waals surface area contributed by atoms with Crippen molar-refractivity contribution in [3.05, 3.63) is 23.8 Å². The van der Waals surface area contributed by atoms with Gasteiger partial charge in [0.2, 0.25) is 10.0 Å². The van der Waals surface area contributed by atoms with Crippen LogP contribution in [0.4, 0.5) is 5.69 Å². The van der Waals surface area contributed by atoms with Crippen LogP contribution >= 0.6 is 0 Å². The second-order valence-electron chi connectivity index (χ2n) is 5.04. The van der Waals surface area contributed by atoms with E-state index in [0.717, 1.165) is 25.7 Å². The Balaban J connectivity index is 2.99. The Bertz CT molecular complexity index is 600. The first-order chi connectivity index (χ1) is 10.4. The Hall–Kier alpha value is -1.60. The van der Waals surface area contributed by atoms with Crippen LogP contribution in [-0.2, 0) is 10.0 Å². The molecule has 0 aliphatic heterocycles. The van der Waals surface area contributed by atoms with Gasteiger partial charge in [0.05, 0.1) is 10.5 Å². The minimum atomic E-state index is -3.67. The zero-order chi connectivity index (χ0) is 16.6. The van der Waals surface area contributed by atoms with Crippen LogP contribution in [0, 0.1) is 0 Å². The molecule has 7 heteroatoms. The van der Waals surface area contributed by atoms with Crippen LogP contribution in [0.3, 0.4) is 0 Å². The third-order valence-electron chi connectivity index (χ3n) is 3.20. The third kappa shape index (κ3) is 5.31. The van der Waals surface area contributed by atoms with E-state index in [2.05, 4.69) is 10.0 Å². The van der Waals surface area contributed by atoms with Crippen LogP contribution in [0.25, 0.3) is 0 Å². The minimum Gasteiger partial charge on any atom is -0.478 e. The number of nitrogens with one attached hydrogen (secondary N) is 2. The molecule has 6 nitrogen and oxygen atoms in total. The molecule has 0 spiro atoms. The van der Waals surface area contributed by atoms with E-state index in [9.17, 15) is 18.3 Å². The van der Waals surface area contributed by atoms with Gasteiger partial charge < -0.3 is 10.4 Å². The molecule has 0 aromatic heterocycles. The fourth-order valence-electron chi connectivity index (χ4n) is 1.89. The Morgan fingerprint density at radius 2 is 1.77 bits per heavy atom. The maximum Gasteiger partial charge on any atom is 0.337 e. The normalized spacial score (nSPS) is 11.4. The highest BCUT2D eigenvalue weighted by atomic mass is 32.2. The molecule has 0 aliphatic carbocycles. The van der Waals surface area contributed by atoms with E-state index in [1.165, 1.54) is 18.2 Å². The fraction of sp³-hybridized carbons (Fsp3) is 0.533. The molecule has 1 rings (SSSR count). The second-order valence-corrected chi connectivity index (χ2v) is 6.81. The molecule has 1 aromatic rings. The molecule has 0 fully saturated rings. The molecule has 1 aromatic carbocycles. The number of anilines is 1. The van der Waals surface area contributed by atoms with Gasteiger partial charge in [-0.1, -0.05) is 26.7 Å². The van der Waals surface area contributed by atoms with Crippen LogP contribution in [-0.4, -0.2) is 32.6 Å². The first-order valence-electron chi connectivity index (χ1n) is 7.53. The monoisotopic (exact) mass is 328 g/mol. The lowest BCUT2D eigenvalue weighted by molar-refractivity contribution is 0.0697. The number of carboxylic acid groups (broad SMARTS) is 1. The van der Waals surface area contributed by atoms with Crippen LogP contribution in [0.15, 0.2) is 23.1 Å². The number of rotatable bonds is 10. The summed E-state index contributed by atoms with van der Waals surface area (Å²) in [6.07, 6.45) is 3.52. The van der Waals surface area contributed by atoms with E-state index in [1.54, 1.807) is 0 Å². The molecular formula is C15H24N2O4S. The molecule has 124 valence electrons. The number of carbonyl (C=O) groups is 1. The molecule has 0 saturated carbocycles. The fourth-order valence-corrected chi connectivity index (χ4v) is 2.99. The number of benzene rings is 1. The molecule has 0 saturated heterocycles. The molecule has 0 aliphatic rings. The van der Waals surface area contributed by atoms with Gasteiger partial charge in [-0.2, -0.15) is 0 Å². The van der Waals surface area contributed by atoms with Gasteiger partial charge in [0.15, 0.2) is 0 Å².